The van der Waals surface area contributed by atoms with Gasteiger partial charge in [-0.2, -0.15) is 0 Å². The first-order chi connectivity index (χ1) is 7.40. The van der Waals surface area contributed by atoms with Crippen molar-refractivity contribution in [3.05, 3.63) is 0 Å². The molecule has 3 nitrogen and oxygen atoms in total. The van der Waals surface area contributed by atoms with Gasteiger partial charge >= 0.3 is 0 Å². The zero-order valence-electron chi connectivity index (χ0n) is 9.58. The number of nitrogens with one attached hydrogen (secondary N) is 1. The minimum absolute atomic E-state index is 0.372. The molecule has 88 valence electrons. The lowest BCUT2D eigenvalue weighted by atomic mass is 9.83. The standard InChI is InChI=1S/C12H24N2O/c13-9-11(12-5-2-8-15-12)14-7-6-10-3-1-4-10/h10-12,14H,1-9,13H2. The van der Waals surface area contributed by atoms with Gasteiger partial charge in [0, 0.05) is 19.2 Å². The Bertz CT molecular complexity index is 176. The molecule has 2 rings (SSSR count). The molecule has 3 heteroatoms. The average molecular weight is 212 g/mol. The van der Waals surface area contributed by atoms with Crippen molar-refractivity contribution in [1.82, 2.24) is 5.32 Å². The second-order valence-corrected chi connectivity index (χ2v) is 4.93. The summed E-state index contributed by atoms with van der Waals surface area (Å²) in [6.07, 6.45) is 8.39. The minimum atomic E-state index is 0.372. The first-order valence-electron chi connectivity index (χ1n) is 6.45. The highest BCUT2D eigenvalue weighted by molar-refractivity contribution is 4.82. The fourth-order valence-electron chi connectivity index (χ4n) is 2.54. The van der Waals surface area contributed by atoms with Crippen molar-refractivity contribution < 1.29 is 4.74 Å². The Hall–Kier alpha value is -0.120. The van der Waals surface area contributed by atoms with E-state index in [-0.39, 0.29) is 0 Å². The fourth-order valence-corrected chi connectivity index (χ4v) is 2.54. The van der Waals surface area contributed by atoms with Crippen LogP contribution in [0.1, 0.15) is 38.5 Å². The van der Waals surface area contributed by atoms with E-state index in [0.717, 1.165) is 19.1 Å². The number of hydrogen-bond acceptors (Lipinski definition) is 3. The summed E-state index contributed by atoms with van der Waals surface area (Å²) >= 11 is 0. The molecule has 1 saturated carbocycles. The Morgan fingerprint density at radius 3 is 2.67 bits per heavy atom. The lowest BCUT2D eigenvalue weighted by Crippen LogP contribution is -2.45. The molecular formula is C12H24N2O. The van der Waals surface area contributed by atoms with Gasteiger partial charge in [0.1, 0.15) is 0 Å². The third kappa shape index (κ3) is 3.16. The van der Waals surface area contributed by atoms with Crippen molar-refractivity contribution in [2.75, 3.05) is 19.7 Å². The molecule has 1 saturated heterocycles. The monoisotopic (exact) mass is 212 g/mol. The summed E-state index contributed by atoms with van der Waals surface area (Å²) < 4.78 is 5.66. The molecule has 15 heavy (non-hydrogen) atoms. The molecule has 1 aliphatic carbocycles. The van der Waals surface area contributed by atoms with E-state index < -0.39 is 0 Å². The van der Waals surface area contributed by atoms with Crippen molar-refractivity contribution in [3.8, 4) is 0 Å². The third-order valence-corrected chi connectivity index (χ3v) is 3.85. The van der Waals surface area contributed by atoms with Gasteiger partial charge in [-0.25, -0.2) is 0 Å². The molecule has 1 aliphatic heterocycles. The number of ether oxygens (including phenoxy) is 1. The molecule has 0 amide bonds. The molecule has 0 spiro atoms. The van der Waals surface area contributed by atoms with E-state index in [0.29, 0.717) is 18.7 Å². The highest BCUT2D eigenvalue weighted by atomic mass is 16.5. The summed E-state index contributed by atoms with van der Waals surface area (Å²) in [4.78, 5) is 0. The molecule has 0 aromatic rings. The molecule has 0 radical (unpaired) electrons. The van der Waals surface area contributed by atoms with Gasteiger partial charge in [0.05, 0.1) is 6.10 Å². The fraction of sp³-hybridized carbons (Fsp3) is 1.00. The Labute approximate surface area is 92.7 Å². The second-order valence-electron chi connectivity index (χ2n) is 4.93. The van der Waals surface area contributed by atoms with E-state index in [4.69, 9.17) is 10.5 Å². The lowest BCUT2D eigenvalue weighted by Gasteiger charge is -2.28. The predicted octanol–water partition coefficient (Wildman–Crippen LogP) is 1.27. The van der Waals surface area contributed by atoms with Crippen LogP contribution < -0.4 is 11.1 Å². The summed E-state index contributed by atoms with van der Waals surface area (Å²) in [5.41, 5.74) is 5.77. The van der Waals surface area contributed by atoms with Crippen LogP contribution >= 0.6 is 0 Å². The molecule has 0 aromatic heterocycles. The van der Waals surface area contributed by atoms with Crippen molar-refractivity contribution in [2.24, 2.45) is 11.7 Å². The van der Waals surface area contributed by atoms with Crippen LogP contribution in [0.3, 0.4) is 0 Å². The van der Waals surface area contributed by atoms with Crippen LogP contribution in [0.15, 0.2) is 0 Å². The summed E-state index contributed by atoms with van der Waals surface area (Å²) in [7, 11) is 0. The second kappa shape index (κ2) is 5.83. The van der Waals surface area contributed by atoms with Gasteiger partial charge in [0.2, 0.25) is 0 Å². The maximum Gasteiger partial charge on any atom is 0.0741 e. The molecule has 2 atom stereocenters. The van der Waals surface area contributed by atoms with Crippen molar-refractivity contribution >= 4 is 0 Å². The van der Waals surface area contributed by atoms with E-state index >= 15 is 0 Å². The number of hydrogen-bond donors (Lipinski definition) is 2. The predicted molar refractivity (Wildman–Crippen MR) is 61.8 cm³/mol. The normalized spacial score (nSPS) is 29.0. The van der Waals surface area contributed by atoms with Gasteiger partial charge in [0.25, 0.3) is 0 Å². The smallest absolute Gasteiger partial charge is 0.0741 e. The van der Waals surface area contributed by atoms with Crippen LogP contribution in [0, 0.1) is 5.92 Å². The zero-order chi connectivity index (χ0) is 10.5. The van der Waals surface area contributed by atoms with E-state index in [9.17, 15) is 0 Å². The first kappa shape index (κ1) is 11.4. The molecule has 1 heterocycles. The highest BCUT2D eigenvalue weighted by Crippen LogP contribution is 2.28. The maximum atomic E-state index is 5.77. The molecular weight excluding hydrogens is 188 g/mol. The minimum Gasteiger partial charge on any atom is -0.377 e. The van der Waals surface area contributed by atoms with E-state index in [2.05, 4.69) is 5.32 Å². The van der Waals surface area contributed by atoms with Crippen LogP contribution in [-0.2, 0) is 4.74 Å². The maximum absolute atomic E-state index is 5.77. The van der Waals surface area contributed by atoms with Gasteiger partial charge in [-0.3, -0.25) is 0 Å². The molecule has 2 aliphatic rings. The SMILES string of the molecule is NCC(NCCC1CCC1)C1CCCO1. The van der Waals surface area contributed by atoms with E-state index in [1.807, 2.05) is 0 Å². The van der Waals surface area contributed by atoms with Gasteiger partial charge in [-0.15, -0.1) is 0 Å². The lowest BCUT2D eigenvalue weighted by molar-refractivity contribution is 0.0797. The van der Waals surface area contributed by atoms with Gasteiger partial charge in [0.15, 0.2) is 0 Å². The largest absolute Gasteiger partial charge is 0.377 e. The summed E-state index contributed by atoms with van der Waals surface area (Å²) in [5.74, 6) is 0.987. The molecule has 0 bridgehead atoms. The average Bonchev–Trinajstić information content (AvgIpc) is 2.68. The Kier molecular flexibility index (Phi) is 4.42. The van der Waals surface area contributed by atoms with Crippen LogP contribution in [0.4, 0.5) is 0 Å². The summed E-state index contributed by atoms with van der Waals surface area (Å²) in [5, 5.41) is 3.56. The van der Waals surface area contributed by atoms with Crippen LogP contribution in [-0.4, -0.2) is 31.8 Å². The molecule has 0 aromatic carbocycles. The van der Waals surface area contributed by atoms with Crippen LogP contribution in [0.25, 0.3) is 0 Å². The quantitative estimate of drug-likeness (QED) is 0.697. The Balaban J connectivity index is 1.61. The summed E-state index contributed by atoms with van der Waals surface area (Å²) in [6, 6.07) is 0.382. The van der Waals surface area contributed by atoms with Gasteiger partial charge < -0.3 is 15.8 Å². The zero-order valence-corrected chi connectivity index (χ0v) is 9.58. The van der Waals surface area contributed by atoms with Crippen molar-refractivity contribution in [3.63, 3.8) is 0 Å². The summed E-state index contributed by atoms with van der Waals surface area (Å²) in [6.45, 7) is 2.74. The van der Waals surface area contributed by atoms with Crippen LogP contribution in [0.5, 0.6) is 0 Å². The number of nitrogens with two attached hydrogens (primary N) is 1. The Morgan fingerprint density at radius 1 is 1.27 bits per heavy atom. The number of rotatable bonds is 6. The topological polar surface area (TPSA) is 47.3 Å². The van der Waals surface area contributed by atoms with Crippen molar-refractivity contribution in [1.29, 1.82) is 0 Å². The first-order valence-corrected chi connectivity index (χ1v) is 6.45. The van der Waals surface area contributed by atoms with Gasteiger partial charge in [-0.1, -0.05) is 19.3 Å². The Morgan fingerprint density at radius 2 is 2.13 bits per heavy atom. The third-order valence-electron chi connectivity index (χ3n) is 3.85. The van der Waals surface area contributed by atoms with Crippen LogP contribution in [0.2, 0.25) is 0 Å². The van der Waals surface area contributed by atoms with Gasteiger partial charge in [-0.05, 0) is 31.7 Å². The van der Waals surface area contributed by atoms with E-state index in [1.165, 1.54) is 38.5 Å². The van der Waals surface area contributed by atoms with Crippen molar-refractivity contribution in [2.45, 2.75) is 50.7 Å². The molecule has 2 fully saturated rings. The van der Waals surface area contributed by atoms with E-state index in [1.54, 1.807) is 0 Å². The molecule has 2 unspecified atom stereocenters. The molecule has 3 N–H and O–H groups in total. The highest BCUT2D eigenvalue weighted by Gasteiger charge is 2.25.